The van der Waals surface area contributed by atoms with Gasteiger partial charge in [-0.05, 0) is 60.5 Å². The molecule has 0 saturated carbocycles. The Bertz CT molecular complexity index is 1740. The summed E-state index contributed by atoms with van der Waals surface area (Å²) in [7, 11) is 0. The summed E-state index contributed by atoms with van der Waals surface area (Å²) in [6.45, 7) is 0.952. The first-order chi connectivity index (χ1) is 23.2. The van der Waals surface area contributed by atoms with E-state index in [9.17, 15) is 27.6 Å². The van der Waals surface area contributed by atoms with Gasteiger partial charge in [0, 0.05) is 30.3 Å². The number of likely N-dealkylation sites (tertiary alicyclic amines) is 1. The lowest BCUT2D eigenvalue weighted by Gasteiger charge is -2.33. The van der Waals surface area contributed by atoms with E-state index >= 15 is 0 Å². The number of fused-ring (bicyclic) bond motifs is 3. The first kappa shape index (κ1) is 33.2. The molecule has 1 aliphatic heterocycles. The van der Waals surface area contributed by atoms with Crippen molar-refractivity contribution < 1.29 is 27.6 Å². The van der Waals surface area contributed by atoms with Crippen molar-refractivity contribution in [3.05, 3.63) is 131 Å². The highest BCUT2D eigenvalue weighted by Crippen LogP contribution is 2.51. The van der Waals surface area contributed by atoms with Crippen molar-refractivity contribution >= 4 is 17.6 Å². The molecule has 6 nitrogen and oxygen atoms in total. The quantitative estimate of drug-likeness (QED) is 0.136. The van der Waals surface area contributed by atoms with Crippen molar-refractivity contribution in [3.63, 3.8) is 0 Å². The van der Waals surface area contributed by atoms with Gasteiger partial charge < -0.3 is 15.5 Å². The van der Waals surface area contributed by atoms with Crippen LogP contribution in [-0.4, -0.2) is 60.9 Å². The van der Waals surface area contributed by atoms with Crippen LogP contribution in [0, 0.1) is 0 Å². The van der Waals surface area contributed by atoms with E-state index in [-0.39, 0.29) is 17.7 Å². The smallest absolute Gasteiger partial charge is 0.349 e. The van der Waals surface area contributed by atoms with Crippen molar-refractivity contribution in [2.24, 2.45) is 0 Å². The van der Waals surface area contributed by atoms with Crippen LogP contribution in [0.2, 0.25) is 0 Å². The predicted octanol–water partition coefficient (Wildman–Crippen LogP) is 6.93. The average molecular weight is 654 g/mol. The molecule has 1 fully saturated rings. The molecule has 0 aromatic heterocycles. The Kier molecular flexibility index (Phi) is 9.78. The minimum absolute atomic E-state index is 0.0271. The zero-order chi connectivity index (χ0) is 33.7. The van der Waals surface area contributed by atoms with Crippen molar-refractivity contribution in [2.75, 3.05) is 26.2 Å². The zero-order valence-corrected chi connectivity index (χ0v) is 26.6. The lowest BCUT2D eigenvalue weighted by atomic mass is 9.73. The van der Waals surface area contributed by atoms with Gasteiger partial charge in [-0.2, -0.15) is 13.2 Å². The summed E-state index contributed by atoms with van der Waals surface area (Å²) in [5, 5.41) is 5.32. The van der Waals surface area contributed by atoms with Gasteiger partial charge in [0.1, 0.15) is 12.0 Å². The number of benzene rings is 4. The summed E-state index contributed by atoms with van der Waals surface area (Å²) in [5.41, 5.74) is 3.31. The number of nitrogens with zero attached hydrogens (tertiary/aromatic N) is 1. The van der Waals surface area contributed by atoms with Crippen molar-refractivity contribution in [1.29, 1.82) is 0 Å². The summed E-state index contributed by atoms with van der Waals surface area (Å²) in [4.78, 5) is 42.4. The Labute approximate surface area is 278 Å². The molecule has 48 heavy (non-hydrogen) atoms. The average Bonchev–Trinajstić information content (AvgIpc) is 3.40. The number of hydrogen-bond acceptors (Lipinski definition) is 4. The van der Waals surface area contributed by atoms with Gasteiger partial charge >= 0.3 is 6.18 Å². The number of halogens is 3. The van der Waals surface area contributed by atoms with Crippen molar-refractivity contribution in [3.8, 4) is 11.1 Å². The van der Waals surface area contributed by atoms with Gasteiger partial charge in [-0.3, -0.25) is 14.4 Å². The molecule has 4 aromatic carbocycles. The number of piperidine rings is 1. The molecular weight excluding hydrogens is 615 g/mol. The van der Waals surface area contributed by atoms with E-state index < -0.39 is 24.0 Å². The molecule has 0 atom stereocenters. The van der Waals surface area contributed by atoms with Crippen molar-refractivity contribution in [2.45, 2.75) is 49.7 Å². The van der Waals surface area contributed by atoms with Gasteiger partial charge in [0.15, 0.2) is 5.78 Å². The topological polar surface area (TPSA) is 78.5 Å². The fourth-order valence-corrected chi connectivity index (χ4v) is 7.20. The maximum atomic E-state index is 13.7. The molecule has 6 rings (SSSR count). The number of amides is 2. The highest BCUT2D eigenvalue weighted by atomic mass is 19.4. The molecule has 9 heteroatoms. The summed E-state index contributed by atoms with van der Waals surface area (Å²) in [6.07, 6.45) is -1.20. The number of nitrogens with one attached hydrogen (secondary N) is 2. The number of carbonyl (C=O) groups is 3. The number of rotatable bonds is 11. The molecule has 0 radical (unpaired) electrons. The maximum Gasteiger partial charge on any atom is 0.405 e. The molecule has 1 saturated heterocycles. The van der Waals surface area contributed by atoms with Gasteiger partial charge in [-0.1, -0.05) is 103 Å². The van der Waals surface area contributed by atoms with Gasteiger partial charge in [0.05, 0.1) is 5.56 Å². The molecule has 1 aliphatic carbocycles. The molecule has 0 spiro atoms. The Morgan fingerprint density at radius 1 is 0.729 bits per heavy atom. The SMILES string of the molecule is O=C(NC1CCN(CCCCC2(C(=O)NCC(F)(F)F)c3ccccc3-c3ccccc32)CC1)c1ccccc1C(=O)c1ccccc1. The van der Waals surface area contributed by atoms with Crippen LogP contribution in [0.25, 0.3) is 11.1 Å². The monoisotopic (exact) mass is 653 g/mol. The highest BCUT2D eigenvalue weighted by Gasteiger charge is 2.49. The van der Waals surface area contributed by atoms with Crippen LogP contribution >= 0.6 is 0 Å². The van der Waals surface area contributed by atoms with Crippen LogP contribution in [0.4, 0.5) is 13.2 Å². The maximum absolute atomic E-state index is 13.7. The van der Waals surface area contributed by atoms with Crippen LogP contribution in [-0.2, 0) is 10.2 Å². The Morgan fingerprint density at radius 2 is 1.29 bits per heavy atom. The number of carbonyl (C=O) groups excluding carboxylic acids is 3. The molecule has 2 aliphatic rings. The highest BCUT2D eigenvalue weighted by molar-refractivity contribution is 6.15. The minimum Gasteiger partial charge on any atom is -0.349 e. The first-order valence-electron chi connectivity index (χ1n) is 16.4. The lowest BCUT2D eigenvalue weighted by Crippen LogP contribution is -2.47. The molecule has 2 N–H and O–H groups in total. The van der Waals surface area contributed by atoms with Crippen molar-refractivity contribution in [1.82, 2.24) is 15.5 Å². The van der Waals surface area contributed by atoms with Gasteiger partial charge in [-0.15, -0.1) is 0 Å². The zero-order valence-electron chi connectivity index (χ0n) is 26.6. The summed E-state index contributed by atoms with van der Waals surface area (Å²) in [6, 6.07) is 30.8. The Balaban J connectivity index is 1.05. The fraction of sp³-hybridized carbons (Fsp3) is 0.308. The minimum atomic E-state index is -4.51. The molecule has 1 heterocycles. The Morgan fingerprint density at radius 3 is 1.92 bits per heavy atom. The van der Waals surface area contributed by atoms with E-state index in [1.54, 1.807) is 48.5 Å². The van der Waals surface area contributed by atoms with E-state index in [0.29, 0.717) is 29.5 Å². The summed E-state index contributed by atoms with van der Waals surface area (Å²) >= 11 is 0. The Hall–Kier alpha value is -4.76. The second-order valence-electron chi connectivity index (χ2n) is 12.6. The normalized spacial score (nSPS) is 15.7. The van der Waals surface area contributed by atoms with E-state index in [2.05, 4.69) is 15.5 Å². The standard InChI is InChI=1S/C39H38F3N3O3/c40-39(41,42)26-43-37(48)38(33-18-8-6-14-29(33)30-15-7-9-19-34(30)38)22-10-11-23-45-24-20-28(21-25-45)44-36(47)32-17-5-4-16-31(32)35(46)27-12-2-1-3-13-27/h1-9,12-19,28H,10-11,20-26H2,(H,43,48)(H,44,47). The van der Waals surface area contributed by atoms with E-state index in [1.807, 2.05) is 54.6 Å². The van der Waals surface area contributed by atoms with E-state index in [0.717, 1.165) is 61.2 Å². The third kappa shape index (κ3) is 6.92. The third-order valence-electron chi connectivity index (χ3n) is 9.55. The molecule has 4 aromatic rings. The first-order valence-corrected chi connectivity index (χ1v) is 16.4. The lowest BCUT2D eigenvalue weighted by molar-refractivity contribution is -0.141. The van der Waals surface area contributed by atoms with E-state index in [4.69, 9.17) is 0 Å². The molecule has 248 valence electrons. The van der Waals surface area contributed by atoms with E-state index in [1.165, 1.54) is 0 Å². The van der Waals surface area contributed by atoms with Crippen LogP contribution in [0.1, 0.15) is 69.5 Å². The number of unbranched alkanes of at least 4 members (excludes halogenated alkanes) is 1. The van der Waals surface area contributed by atoms with Crippen LogP contribution in [0.3, 0.4) is 0 Å². The van der Waals surface area contributed by atoms with Crippen LogP contribution in [0.5, 0.6) is 0 Å². The fourth-order valence-electron chi connectivity index (χ4n) is 7.20. The van der Waals surface area contributed by atoms with Crippen LogP contribution in [0.15, 0.2) is 103 Å². The molecule has 0 bridgehead atoms. The number of hydrogen-bond donors (Lipinski definition) is 2. The van der Waals surface area contributed by atoms with Crippen LogP contribution < -0.4 is 10.6 Å². The number of alkyl halides is 3. The van der Waals surface area contributed by atoms with Gasteiger partial charge in [-0.25, -0.2) is 0 Å². The third-order valence-corrected chi connectivity index (χ3v) is 9.55. The second-order valence-corrected chi connectivity index (χ2v) is 12.6. The second kappa shape index (κ2) is 14.2. The van der Waals surface area contributed by atoms with Gasteiger partial charge in [0.25, 0.3) is 5.91 Å². The molecular formula is C39H38F3N3O3. The largest absolute Gasteiger partial charge is 0.405 e. The summed E-state index contributed by atoms with van der Waals surface area (Å²) in [5.74, 6) is -1.08. The molecule has 0 unspecified atom stereocenters. The van der Waals surface area contributed by atoms with Gasteiger partial charge in [0.2, 0.25) is 5.91 Å². The number of ketones is 1. The molecule has 2 amide bonds. The summed E-state index contributed by atoms with van der Waals surface area (Å²) < 4.78 is 39.5. The predicted molar refractivity (Wildman–Crippen MR) is 179 cm³/mol.